The Hall–Kier alpha value is -3.43. The molecule has 4 rings (SSSR count). The first kappa shape index (κ1) is 22.8. The second kappa shape index (κ2) is 8.84. The number of carbonyl (C=O) groups excluding carboxylic acids is 1. The number of hydrogen-bond donors (Lipinski definition) is 0. The van der Waals surface area contributed by atoms with Crippen molar-refractivity contribution in [2.45, 2.75) is 33.1 Å². The van der Waals surface area contributed by atoms with Crippen molar-refractivity contribution in [1.82, 2.24) is 4.98 Å². The molecule has 0 atom stereocenters. The molecule has 0 saturated heterocycles. The van der Waals surface area contributed by atoms with E-state index in [0.29, 0.717) is 15.6 Å². The molecule has 1 amide bonds. The van der Waals surface area contributed by atoms with E-state index in [1.807, 2.05) is 37.3 Å². The SMILES string of the molecule is Cc1ccc2nc(N(/N=C/c3ccc([N+](=O)[O-])s3)C(=O)c3ccc(C(C)(C)C)cc3)sc2c1. The fourth-order valence-electron chi connectivity index (χ4n) is 3.16. The highest BCUT2D eigenvalue weighted by molar-refractivity contribution is 7.22. The lowest BCUT2D eigenvalue weighted by molar-refractivity contribution is -0.380. The van der Waals surface area contributed by atoms with Crippen molar-refractivity contribution in [2.24, 2.45) is 5.10 Å². The van der Waals surface area contributed by atoms with Crippen molar-refractivity contribution < 1.29 is 9.72 Å². The average molecular weight is 479 g/mol. The molecule has 0 radical (unpaired) electrons. The second-order valence-electron chi connectivity index (χ2n) is 8.59. The average Bonchev–Trinajstić information content (AvgIpc) is 3.40. The molecule has 0 unspecified atom stereocenters. The summed E-state index contributed by atoms with van der Waals surface area (Å²) in [4.78, 5) is 29.2. The van der Waals surface area contributed by atoms with Gasteiger partial charge in [0.05, 0.1) is 26.2 Å². The minimum absolute atomic E-state index is 0.0163. The van der Waals surface area contributed by atoms with Crippen LogP contribution in [0.1, 0.15) is 47.1 Å². The number of aryl methyl sites for hydroxylation is 1. The maximum atomic E-state index is 13.5. The number of aromatic nitrogens is 1. The van der Waals surface area contributed by atoms with Crippen LogP contribution in [0, 0.1) is 17.0 Å². The molecule has 4 aromatic rings. The number of amides is 1. The van der Waals surface area contributed by atoms with Gasteiger partial charge in [-0.2, -0.15) is 10.1 Å². The van der Waals surface area contributed by atoms with Gasteiger partial charge in [-0.05, 0) is 53.8 Å². The van der Waals surface area contributed by atoms with E-state index >= 15 is 0 Å². The number of hydrazone groups is 1. The third-order valence-corrected chi connectivity index (χ3v) is 6.96. The highest BCUT2D eigenvalue weighted by Gasteiger charge is 2.22. The van der Waals surface area contributed by atoms with Crippen molar-refractivity contribution in [3.8, 4) is 0 Å². The van der Waals surface area contributed by atoms with Gasteiger partial charge in [0, 0.05) is 11.6 Å². The summed E-state index contributed by atoms with van der Waals surface area (Å²) < 4.78 is 0.952. The summed E-state index contributed by atoms with van der Waals surface area (Å²) in [5.74, 6) is -0.325. The second-order valence-corrected chi connectivity index (χ2v) is 10.7. The molecule has 7 nitrogen and oxygen atoms in total. The number of benzene rings is 2. The van der Waals surface area contributed by atoms with E-state index in [1.165, 1.54) is 28.6 Å². The van der Waals surface area contributed by atoms with Crippen LogP contribution >= 0.6 is 22.7 Å². The predicted octanol–water partition coefficient (Wildman–Crippen LogP) is 6.55. The summed E-state index contributed by atoms with van der Waals surface area (Å²) in [6, 6.07) is 16.4. The summed E-state index contributed by atoms with van der Waals surface area (Å²) >= 11 is 2.36. The Bertz CT molecular complexity index is 1360. The van der Waals surface area contributed by atoms with Gasteiger partial charge in [0.15, 0.2) is 0 Å². The van der Waals surface area contributed by atoms with E-state index < -0.39 is 4.92 Å². The Morgan fingerprint density at radius 3 is 2.45 bits per heavy atom. The molecular weight excluding hydrogens is 456 g/mol. The van der Waals surface area contributed by atoms with E-state index in [1.54, 1.807) is 18.2 Å². The van der Waals surface area contributed by atoms with Crippen LogP contribution in [0.4, 0.5) is 10.1 Å². The van der Waals surface area contributed by atoms with Crippen molar-refractivity contribution in [3.05, 3.63) is 86.3 Å². The molecule has 2 aromatic heterocycles. The zero-order valence-corrected chi connectivity index (χ0v) is 20.2. The smallest absolute Gasteiger partial charge is 0.267 e. The Balaban J connectivity index is 1.73. The van der Waals surface area contributed by atoms with Crippen molar-refractivity contribution >= 4 is 55.1 Å². The van der Waals surface area contributed by atoms with Crippen LogP contribution in [0.5, 0.6) is 0 Å². The molecule has 33 heavy (non-hydrogen) atoms. The highest BCUT2D eigenvalue weighted by Crippen LogP contribution is 2.31. The van der Waals surface area contributed by atoms with Gasteiger partial charge in [-0.25, -0.2) is 4.98 Å². The summed E-state index contributed by atoms with van der Waals surface area (Å²) in [7, 11) is 0. The lowest BCUT2D eigenvalue weighted by Crippen LogP contribution is -2.25. The fourth-order valence-corrected chi connectivity index (χ4v) is 4.87. The zero-order chi connectivity index (χ0) is 23.8. The number of anilines is 1. The van der Waals surface area contributed by atoms with Crippen LogP contribution in [0.3, 0.4) is 0 Å². The van der Waals surface area contributed by atoms with Crippen LogP contribution in [0.2, 0.25) is 0 Å². The quantitative estimate of drug-likeness (QED) is 0.185. The summed E-state index contributed by atoms with van der Waals surface area (Å²) in [6.07, 6.45) is 1.45. The summed E-state index contributed by atoms with van der Waals surface area (Å²) in [6.45, 7) is 8.34. The van der Waals surface area contributed by atoms with Crippen molar-refractivity contribution in [2.75, 3.05) is 5.01 Å². The summed E-state index contributed by atoms with van der Waals surface area (Å²) in [5, 5.41) is 17.1. The highest BCUT2D eigenvalue weighted by atomic mass is 32.1. The molecule has 168 valence electrons. The molecule has 0 N–H and O–H groups in total. The third-order valence-electron chi connectivity index (χ3n) is 5.00. The summed E-state index contributed by atoms with van der Waals surface area (Å²) in [5.41, 5.74) is 3.45. The Morgan fingerprint density at radius 1 is 1.09 bits per heavy atom. The van der Waals surface area contributed by atoms with E-state index in [4.69, 9.17) is 0 Å². The fraction of sp³-hybridized carbons (Fsp3) is 0.208. The normalized spacial score (nSPS) is 11.9. The largest absolute Gasteiger partial charge is 0.324 e. The van der Waals surface area contributed by atoms with Gasteiger partial charge in [0.2, 0.25) is 5.13 Å². The molecule has 0 aliphatic rings. The van der Waals surface area contributed by atoms with Crippen LogP contribution < -0.4 is 5.01 Å². The zero-order valence-electron chi connectivity index (χ0n) is 18.6. The number of thiophene rings is 1. The standard InChI is InChI=1S/C24H22N4O3S2/c1-15-5-11-19-20(13-15)33-23(26-19)27(25-14-18-10-12-21(32-18)28(30)31)22(29)16-6-8-17(9-7-16)24(2,3)4/h5-14H,1-4H3/b25-14+. The first-order valence-corrected chi connectivity index (χ1v) is 11.9. The van der Waals surface area contributed by atoms with E-state index in [0.717, 1.165) is 32.7 Å². The van der Waals surface area contributed by atoms with Crippen LogP contribution in [-0.4, -0.2) is 22.0 Å². The molecule has 0 fully saturated rings. The number of thiazole rings is 1. The number of fused-ring (bicyclic) bond motifs is 1. The van der Waals surface area contributed by atoms with Gasteiger partial charge >= 0.3 is 5.00 Å². The third kappa shape index (κ3) is 4.99. The maximum Gasteiger partial charge on any atom is 0.324 e. The topological polar surface area (TPSA) is 88.7 Å². The Morgan fingerprint density at radius 2 is 1.82 bits per heavy atom. The van der Waals surface area contributed by atoms with Gasteiger partial charge < -0.3 is 0 Å². The first-order chi connectivity index (χ1) is 15.6. The van der Waals surface area contributed by atoms with E-state index in [9.17, 15) is 14.9 Å². The molecular formula is C24H22N4O3S2. The molecule has 2 aromatic carbocycles. The Labute approximate surface area is 199 Å². The van der Waals surface area contributed by atoms with Gasteiger partial charge in [-0.3, -0.25) is 14.9 Å². The molecule has 0 bridgehead atoms. The van der Waals surface area contributed by atoms with E-state index in [2.05, 4.69) is 30.9 Å². The molecule has 0 saturated carbocycles. The monoisotopic (exact) mass is 478 g/mol. The number of hydrogen-bond acceptors (Lipinski definition) is 7. The molecule has 0 aliphatic heterocycles. The molecule has 0 aliphatic carbocycles. The predicted molar refractivity (Wildman–Crippen MR) is 135 cm³/mol. The van der Waals surface area contributed by atoms with Gasteiger partial charge in [-0.15, -0.1) is 0 Å². The molecule has 2 heterocycles. The molecule has 9 heteroatoms. The van der Waals surface area contributed by atoms with Gasteiger partial charge in [0.1, 0.15) is 0 Å². The number of nitro groups is 1. The first-order valence-electron chi connectivity index (χ1n) is 10.2. The van der Waals surface area contributed by atoms with Crippen molar-refractivity contribution in [3.63, 3.8) is 0 Å². The van der Waals surface area contributed by atoms with Gasteiger partial charge in [-0.1, -0.05) is 61.6 Å². The lowest BCUT2D eigenvalue weighted by atomic mass is 9.87. The molecule has 0 spiro atoms. The number of rotatable bonds is 5. The Kier molecular flexibility index (Phi) is 6.09. The van der Waals surface area contributed by atoms with Crippen LogP contribution in [-0.2, 0) is 5.41 Å². The van der Waals surface area contributed by atoms with Crippen LogP contribution in [0.25, 0.3) is 10.2 Å². The maximum absolute atomic E-state index is 13.5. The van der Waals surface area contributed by atoms with Gasteiger partial charge in [0.25, 0.3) is 5.91 Å². The van der Waals surface area contributed by atoms with Crippen molar-refractivity contribution in [1.29, 1.82) is 0 Å². The lowest BCUT2D eigenvalue weighted by Gasteiger charge is -2.19. The minimum Gasteiger partial charge on any atom is -0.267 e. The number of carbonyl (C=O) groups is 1. The van der Waals surface area contributed by atoms with E-state index in [-0.39, 0.29) is 16.3 Å². The minimum atomic E-state index is -0.447. The van der Waals surface area contributed by atoms with Crippen LogP contribution in [0.15, 0.2) is 59.7 Å². The number of nitrogens with zero attached hydrogens (tertiary/aromatic N) is 4.